The van der Waals surface area contributed by atoms with Gasteiger partial charge < -0.3 is 14.8 Å². The number of benzene rings is 1. The predicted octanol–water partition coefficient (Wildman–Crippen LogP) is 5.27. The van der Waals surface area contributed by atoms with Gasteiger partial charge in [-0.15, -0.1) is 11.3 Å². The topological polar surface area (TPSA) is 70.9 Å². The van der Waals surface area contributed by atoms with Gasteiger partial charge in [-0.1, -0.05) is 17.3 Å². The molecule has 5 nitrogen and oxygen atoms in total. The largest absolute Gasteiger partial charge is 0.357 e. The summed E-state index contributed by atoms with van der Waals surface area (Å²) < 4.78 is 5.24. The number of carbonyl (C=O) groups excluding carboxylic acids is 1. The Balaban J connectivity index is 1.55. The summed E-state index contributed by atoms with van der Waals surface area (Å²) >= 11 is 1.66. The lowest BCUT2D eigenvalue weighted by atomic mass is 10.1. The van der Waals surface area contributed by atoms with Crippen LogP contribution in [0.3, 0.4) is 0 Å². The molecule has 0 spiro atoms. The van der Waals surface area contributed by atoms with Crippen LogP contribution >= 0.6 is 11.3 Å². The Bertz CT molecular complexity index is 1040. The van der Waals surface area contributed by atoms with Gasteiger partial charge >= 0.3 is 0 Å². The molecule has 0 aliphatic rings. The van der Waals surface area contributed by atoms with Gasteiger partial charge in [-0.3, -0.25) is 4.79 Å². The van der Waals surface area contributed by atoms with Crippen LogP contribution in [0.2, 0.25) is 0 Å². The Kier molecular flexibility index (Phi) is 4.18. The highest BCUT2D eigenvalue weighted by Crippen LogP contribution is 2.38. The van der Waals surface area contributed by atoms with Crippen molar-refractivity contribution in [3.8, 4) is 21.1 Å². The third-order valence-electron chi connectivity index (χ3n) is 4.19. The maximum Gasteiger partial charge on any atom is 0.272 e. The summed E-state index contributed by atoms with van der Waals surface area (Å²) in [6.45, 7) is 3.98. The third kappa shape index (κ3) is 3.07. The highest BCUT2D eigenvalue weighted by atomic mass is 32.1. The molecular formula is C20H17N3O2S. The number of hydrogen-bond acceptors (Lipinski definition) is 4. The molecule has 3 heterocycles. The van der Waals surface area contributed by atoms with E-state index in [9.17, 15) is 4.79 Å². The van der Waals surface area contributed by atoms with E-state index in [1.165, 1.54) is 10.4 Å². The molecule has 26 heavy (non-hydrogen) atoms. The molecular weight excluding hydrogens is 346 g/mol. The Labute approximate surface area is 154 Å². The quantitative estimate of drug-likeness (QED) is 0.519. The monoisotopic (exact) mass is 363 g/mol. The van der Waals surface area contributed by atoms with E-state index in [0.717, 1.165) is 27.5 Å². The number of H-pyrrole nitrogens is 1. The van der Waals surface area contributed by atoms with Gasteiger partial charge in [-0.25, -0.2) is 0 Å². The Morgan fingerprint density at radius 3 is 2.58 bits per heavy atom. The molecule has 2 N–H and O–H groups in total. The molecule has 1 amide bonds. The molecule has 3 aromatic heterocycles. The van der Waals surface area contributed by atoms with E-state index < -0.39 is 0 Å². The van der Waals surface area contributed by atoms with Crippen LogP contribution in [-0.4, -0.2) is 16.0 Å². The summed E-state index contributed by atoms with van der Waals surface area (Å²) in [6, 6.07) is 13.7. The van der Waals surface area contributed by atoms with E-state index in [4.69, 9.17) is 4.52 Å². The normalized spacial score (nSPS) is 10.8. The van der Waals surface area contributed by atoms with Gasteiger partial charge in [-0.2, -0.15) is 0 Å². The van der Waals surface area contributed by atoms with Crippen LogP contribution in [0, 0.1) is 13.8 Å². The van der Waals surface area contributed by atoms with Crippen LogP contribution in [0.25, 0.3) is 21.1 Å². The second-order valence-corrected chi connectivity index (χ2v) is 7.12. The van der Waals surface area contributed by atoms with Crippen molar-refractivity contribution in [2.24, 2.45) is 0 Å². The van der Waals surface area contributed by atoms with E-state index in [-0.39, 0.29) is 5.91 Å². The fourth-order valence-electron chi connectivity index (χ4n) is 2.82. The number of nitrogens with zero attached hydrogens (tertiary/aromatic N) is 1. The van der Waals surface area contributed by atoms with Gasteiger partial charge in [0.2, 0.25) is 0 Å². The zero-order chi connectivity index (χ0) is 18.1. The number of aryl methyl sites for hydroxylation is 2. The minimum absolute atomic E-state index is 0.139. The zero-order valence-electron chi connectivity index (χ0n) is 14.4. The van der Waals surface area contributed by atoms with Gasteiger partial charge in [0.25, 0.3) is 5.91 Å². The number of nitrogens with one attached hydrogen (secondary N) is 2. The van der Waals surface area contributed by atoms with Gasteiger partial charge in [-0.05, 0) is 54.8 Å². The molecule has 0 bridgehead atoms. The van der Waals surface area contributed by atoms with Gasteiger partial charge in [0, 0.05) is 22.8 Å². The maximum atomic E-state index is 12.3. The average molecular weight is 363 g/mol. The minimum atomic E-state index is -0.139. The first-order valence-corrected chi connectivity index (χ1v) is 9.01. The van der Waals surface area contributed by atoms with Crippen LogP contribution in [0.5, 0.6) is 0 Å². The van der Waals surface area contributed by atoms with E-state index in [0.29, 0.717) is 5.69 Å². The van der Waals surface area contributed by atoms with Crippen molar-refractivity contribution in [3.05, 3.63) is 71.7 Å². The fourth-order valence-corrected chi connectivity index (χ4v) is 3.96. The number of thiophene rings is 1. The number of carbonyl (C=O) groups is 1. The first-order valence-electron chi connectivity index (χ1n) is 8.19. The number of hydrogen-bond donors (Lipinski definition) is 2. The van der Waals surface area contributed by atoms with Crippen LogP contribution in [0.1, 0.15) is 21.6 Å². The van der Waals surface area contributed by atoms with E-state index >= 15 is 0 Å². The number of aromatic amines is 1. The highest BCUT2D eigenvalue weighted by molar-refractivity contribution is 7.19. The van der Waals surface area contributed by atoms with E-state index in [1.54, 1.807) is 23.7 Å². The predicted molar refractivity (Wildman–Crippen MR) is 103 cm³/mol. The maximum absolute atomic E-state index is 12.3. The third-order valence-corrected chi connectivity index (χ3v) is 5.49. The molecule has 0 saturated carbocycles. The number of amides is 1. The van der Waals surface area contributed by atoms with Crippen LogP contribution < -0.4 is 5.32 Å². The number of anilines is 1. The second kappa shape index (κ2) is 6.65. The van der Waals surface area contributed by atoms with E-state index in [1.807, 2.05) is 43.3 Å². The standard InChI is InChI=1S/C20H17N3O2S/c1-12-7-9-21-18(12)20(24)23-15-5-3-14(4-6-15)19-13(2)11-17(26-19)16-8-10-22-25-16/h3-11,21H,1-2H3,(H,23,24). The Morgan fingerprint density at radius 2 is 1.92 bits per heavy atom. The molecule has 0 unspecified atom stereocenters. The van der Waals surface area contributed by atoms with Crippen molar-refractivity contribution >= 4 is 22.9 Å². The van der Waals surface area contributed by atoms with Crippen LogP contribution in [0.15, 0.2) is 59.4 Å². The fraction of sp³-hybridized carbons (Fsp3) is 0.100. The highest BCUT2D eigenvalue weighted by Gasteiger charge is 2.13. The second-order valence-electron chi connectivity index (χ2n) is 6.07. The van der Waals surface area contributed by atoms with Crippen molar-refractivity contribution in [2.75, 3.05) is 5.32 Å². The first kappa shape index (κ1) is 16.4. The smallest absolute Gasteiger partial charge is 0.272 e. The van der Waals surface area contributed by atoms with Crippen molar-refractivity contribution in [2.45, 2.75) is 13.8 Å². The molecule has 0 saturated heterocycles. The summed E-state index contributed by atoms with van der Waals surface area (Å²) in [5, 5.41) is 6.68. The number of rotatable bonds is 4. The molecule has 0 fully saturated rings. The Hall–Kier alpha value is -3.12. The lowest BCUT2D eigenvalue weighted by Crippen LogP contribution is -2.13. The molecule has 4 rings (SSSR count). The lowest BCUT2D eigenvalue weighted by Gasteiger charge is -2.06. The molecule has 0 aliphatic heterocycles. The van der Waals surface area contributed by atoms with E-state index in [2.05, 4.69) is 28.4 Å². The SMILES string of the molecule is Cc1cc[nH]c1C(=O)Nc1ccc(-c2sc(-c3ccno3)cc2C)cc1. The van der Waals surface area contributed by atoms with Gasteiger partial charge in [0.05, 0.1) is 11.1 Å². The van der Waals surface area contributed by atoms with Crippen molar-refractivity contribution < 1.29 is 9.32 Å². The number of aromatic nitrogens is 2. The summed E-state index contributed by atoms with van der Waals surface area (Å²) in [6.07, 6.45) is 3.41. The van der Waals surface area contributed by atoms with Gasteiger partial charge in [0.1, 0.15) is 5.69 Å². The van der Waals surface area contributed by atoms with Crippen LogP contribution in [-0.2, 0) is 0 Å². The van der Waals surface area contributed by atoms with Crippen molar-refractivity contribution in [3.63, 3.8) is 0 Å². The Morgan fingerprint density at radius 1 is 1.12 bits per heavy atom. The molecule has 6 heteroatoms. The molecule has 0 atom stereocenters. The lowest BCUT2D eigenvalue weighted by molar-refractivity contribution is 0.102. The molecule has 130 valence electrons. The molecule has 1 aromatic carbocycles. The first-order chi connectivity index (χ1) is 12.6. The molecule has 0 radical (unpaired) electrons. The summed E-state index contributed by atoms with van der Waals surface area (Å²) in [4.78, 5) is 17.5. The average Bonchev–Trinajstić information content (AvgIpc) is 3.36. The minimum Gasteiger partial charge on any atom is -0.357 e. The zero-order valence-corrected chi connectivity index (χ0v) is 15.2. The summed E-state index contributed by atoms with van der Waals surface area (Å²) in [5.74, 6) is 0.634. The molecule has 0 aliphatic carbocycles. The van der Waals surface area contributed by atoms with Gasteiger partial charge in [0.15, 0.2) is 5.76 Å². The molecule has 4 aromatic rings. The van der Waals surface area contributed by atoms with Crippen molar-refractivity contribution in [1.82, 2.24) is 10.1 Å². The van der Waals surface area contributed by atoms with Crippen LogP contribution in [0.4, 0.5) is 5.69 Å². The summed E-state index contributed by atoms with van der Waals surface area (Å²) in [5.41, 5.74) is 4.55. The summed E-state index contributed by atoms with van der Waals surface area (Å²) in [7, 11) is 0. The van der Waals surface area contributed by atoms with Crippen molar-refractivity contribution in [1.29, 1.82) is 0 Å².